The Kier molecular flexibility index (Phi) is 4.67. The van der Waals surface area contributed by atoms with E-state index in [1.54, 1.807) is 0 Å². The van der Waals surface area contributed by atoms with Crippen molar-refractivity contribution < 1.29 is 9.53 Å². The molecule has 23 heavy (non-hydrogen) atoms. The first-order chi connectivity index (χ1) is 11.3. The average molecular weight is 334 g/mol. The van der Waals surface area contributed by atoms with E-state index in [1.165, 1.54) is 48.5 Å². The number of carbonyl (C=O) groups excluding carboxylic acids is 1. The van der Waals surface area contributed by atoms with Gasteiger partial charge in [-0.05, 0) is 68.0 Å². The van der Waals surface area contributed by atoms with Crippen molar-refractivity contribution in [2.24, 2.45) is 5.92 Å². The summed E-state index contributed by atoms with van der Waals surface area (Å²) < 4.78 is 9.95. The highest BCUT2D eigenvalue weighted by atomic mass is 32.1. The molecule has 1 aliphatic carbocycles. The van der Waals surface area contributed by atoms with Gasteiger partial charge >= 0.3 is 0 Å². The number of carbonyl (C=O) groups is 1. The Labute approximate surface area is 142 Å². The summed E-state index contributed by atoms with van der Waals surface area (Å²) in [6.45, 7) is 2.59. The minimum atomic E-state index is 0.177. The lowest BCUT2D eigenvalue weighted by Crippen LogP contribution is -2.49. The van der Waals surface area contributed by atoms with E-state index in [0.717, 1.165) is 44.9 Å². The Hall–Kier alpha value is -0.940. The van der Waals surface area contributed by atoms with Gasteiger partial charge in [-0.2, -0.15) is 4.37 Å². The van der Waals surface area contributed by atoms with Crippen LogP contribution in [0.25, 0.3) is 0 Å². The number of nitrogens with zero attached hydrogens (tertiary/aromatic N) is 2. The van der Waals surface area contributed by atoms with E-state index < -0.39 is 0 Å². The van der Waals surface area contributed by atoms with E-state index >= 15 is 0 Å². The molecule has 1 saturated carbocycles. The van der Waals surface area contributed by atoms with Gasteiger partial charge in [0, 0.05) is 30.7 Å². The molecule has 126 valence electrons. The number of amides is 1. The maximum absolute atomic E-state index is 13.0. The van der Waals surface area contributed by atoms with Crippen LogP contribution < -0.4 is 0 Å². The molecule has 3 heterocycles. The molecular weight excluding hydrogens is 308 g/mol. The van der Waals surface area contributed by atoms with Gasteiger partial charge in [-0.1, -0.05) is 12.8 Å². The van der Waals surface area contributed by atoms with Crippen LogP contribution in [0.2, 0.25) is 0 Å². The first-order valence-corrected chi connectivity index (χ1v) is 9.95. The van der Waals surface area contributed by atoms with Gasteiger partial charge in [0.2, 0.25) is 0 Å². The number of hydrogen-bond acceptors (Lipinski definition) is 4. The fourth-order valence-corrected chi connectivity index (χ4v) is 5.47. The second kappa shape index (κ2) is 6.89. The Balaban J connectivity index is 1.48. The minimum Gasteiger partial charge on any atom is -0.381 e. The molecule has 0 aromatic carbocycles. The summed E-state index contributed by atoms with van der Waals surface area (Å²) in [7, 11) is 0. The predicted octanol–water partition coefficient (Wildman–Crippen LogP) is 3.83. The molecular formula is C18H26N2O2S. The third kappa shape index (κ3) is 3.18. The third-order valence-corrected chi connectivity index (χ3v) is 6.83. The monoisotopic (exact) mass is 334 g/mol. The smallest absolute Gasteiger partial charge is 0.273 e. The summed E-state index contributed by atoms with van der Waals surface area (Å²) in [6, 6.07) is 2.54. The van der Waals surface area contributed by atoms with Crippen molar-refractivity contribution in [1.82, 2.24) is 9.27 Å². The first kappa shape index (κ1) is 15.6. The summed E-state index contributed by atoms with van der Waals surface area (Å²) in [6.07, 6.45) is 9.69. The minimum absolute atomic E-state index is 0.177. The molecule has 3 aliphatic rings. The van der Waals surface area contributed by atoms with Crippen molar-refractivity contribution in [3.05, 3.63) is 16.6 Å². The molecule has 2 saturated heterocycles. The molecule has 2 aliphatic heterocycles. The zero-order valence-electron chi connectivity index (χ0n) is 13.7. The average Bonchev–Trinajstić information content (AvgIpc) is 3.11. The fraction of sp³-hybridized carbons (Fsp3) is 0.778. The van der Waals surface area contributed by atoms with E-state index in [4.69, 9.17) is 4.74 Å². The molecule has 5 heteroatoms. The lowest BCUT2D eigenvalue weighted by molar-refractivity contribution is 0.0386. The van der Waals surface area contributed by atoms with E-state index in [1.807, 2.05) is 0 Å². The van der Waals surface area contributed by atoms with Gasteiger partial charge in [-0.25, -0.2) is 0 Å². The number of rotatable bonds is 2. The number of piperidine rings is 1. The third-order valence-electron chi connectivity index (χ3n) is 5.88. The first-order valence-electron chi connectivity index (χ1n) is 9.18. The zero-order valence-corrected chi connectivity index (χ0v) is 14.5. The summed E-state index contributed by atoms with van der Waals surface area (Å²) in [5, 5.41) is 0. The van der Waals surface area contributed by atoms with Gasteiger partial charge in [0.05, 0.1) is 0 Å². The van der Waals surface area contributed by atoms with E-state index in [-0.39, 0.29) is 5.91 Å². The zero-order chi connectivity index (χ0) is 15.6. The van der Waals surface area contributed by atoms with Crippen LogP contribution in [0.5, 0.6) is 0 Å². The molecule has 1 amide bonds. The van der Waals surface area contributed by atoms with Crippen LogP contribution in [-0.2, 0) is 4.74 Å². The molecule has 0 N–H and O–H groups in total. The van der Waals surface area contributed by atoms with Crippen LogP contribution in [0.4, 0.5) is 0 Å². The topological polar surface area (TPSA) is 42.4 Å². The highest BCUT2D eigenvalue weighted by molar-refractivity contribution is 7.06. The quantitative estimate of drug-likeness (QED) is 0.825. The normalized spacial score (nSPS) is 29.3. The second-order valence-corrected chi connectivity index (χ2v) is 8.09. The van der Waals surface area contributed by atoms with Crippen LogP contribution in [0.3, 0.4) is 0 Å². The number of hydrogen-bond donors (Lipinski definition) is 0. The van der Waals surface area contributed by atoms with E-state index in [0.29, 0.717) is 17.7 Å². The molecule has 1 aromatic heterocycles. The van der Waals surface area contributed by atoms with Crippen LogP contribution in [-0.4, -0.2) is 41.0 Å². The van der Waals surface area contributed by atoms with E-state index in [9.17, 15) is 4.79 Å². The number of likely N-dealkylation sites (tertiary alicyclic amines) is 1. The number of ether oxygens (including phenoxy) is 1. The molecule has 0 bridgehead atoms. The summed E-state index contributed by atoms with van der Waals surface area (Å²) in [4.78, 5) is 16.4. The Morgan fingerprint density at radius 1 is 1.13 bits per heavy atom. The van der Waals surface area contributed by atoms with Crippen LogP contribution >= 0.6 is 11.5 Å². The standard InChI is InChI=1S/C18H26N2O2S/c21-18(20-9-3-5-13-4-1-2-6-16(13)20)15-12-17(23-19-15)14-7-10-22-11-8-14/h12-14,16H,1-11H2/t13?,16-/m0/s1. The molecule has 1 unspecified atom stereocenters. The van der Waals surface area contributed by atoms with Crippen molar-refractivity contribution >= 4 is 17.4 Å². The van der Waals surface area contributed by atoms with Gasteiger partial charge < -0.3 is 9.64 Å². The molecule has 4 nitrogen and oxygen atoms in total. The SMILES string of the molecule is O=C(c1cc(C2CCOCC2)sn1)N1CCCC2CCCC[C@@H]21. The lowest BCUT2D eigenvalue weighted by atomic mass is 9.78. The predicted molar refractivity (Wildman–Crippen MR) is 90.9 cm³/mol. The van der Waals surface area contributed by atoms with Crippen molar-refractivity contribution in [3.63, 3.8) is 0 Å². The largest absolute Gasteiger partial charge is 0.381 e. The van der Waals surface area contributed by atoms with Gasteiger partial charge in [-0.3, -0.25) is 4.79 Å². The van der Waals surface area contributed by atoms with Crippen LogP contribution in [0.1, 0.15) is 72.7 Å². The van der Waals surface area contributed by atoms with Gasteiger partial charge in [0.15, 0.2) is 0 Å². The maximum Gasteiger partial charge on any atom is 0.273 e. The molecule has 2 atom stereocenters. The van der Waals surface area contributed by atoms with Crippen molar-refractivity contribution in [2.45, 2.75) is 63.3 Å². The summed E-state index contributed by atoms with van der Waals surface area (Å²) in [5.74, 6) is 1.44. The Morgan fingerprint density at radius 2 is 1.91 bits per heavy atom. The van der Waals surface area contributed by atoms with E-state index in [2.05, 4.69) is 15.3 Å². The molecule has 0 spiro atoms. The summed E-state index contributed by atoms with van der Waals surface area (Å²) in [5.41, 5.74) is 0.683. The molecule has 3 fully saturated rings. The van der Waals surface area contributed by atoms with Gasteiger partial charge in [-0.15, -0.1) is 0 Å². The van der Waals surface area contributed by atoms with Gasteiger partial charge in [0.1, 0.15) is 5.69 Å². The van der Waals surface area contributed by atoms with Crippen LogP contribution in [0, 0.1) is 5.92 Å². The molecule has 1 aromatic rings. The molecule has 0 radical (unpaired) electrons. The van der Waals surface area contributed by atoms with Crippen molar-refractivity contribution in [3.8, 4) is 0 Å². The Morgan fingerprint density at radius 3 is 2.78 bits per heavy atom. The highest BCUT2D eigenvalue weighted by Crippen LogP contribution is 2.36. The van der Waals surface area contributed by atoms with Crippen molar-refractivity contribution in [1.29, 1.82) is 0 Å². The molecule has 4 rings (SSSR count). The second-order valence-electron chi connectivity index (χ2n) is 7.25. The highest BCUT2D eigenvalue weighted by Gasteiger charge is 2.36. The van der Waals surface area contributed by atoms with Crippen molar-refractivity contribution in [2.75, 3.05) is 19.8 Å². The number of fused-ring (bicyclic) bond motifs is 1. The Bertz CT molecular complexity index is 551. The maximum atomic E-state index is 13.0. The number of aromatic nitrogens is 1. The fourth-order valence-electron chi connectivity index (χ4n) is 4.59. The lowest BCUT2D eigenvalue weighted by Gasteiger charge is -2.43. The van der Waals surface area contributed by atoms with Crippen LogP contribution in [0.15, 0.2) is 6.07 Å². The van der Waals surface area contributed by atoms with Gasteiger partial charge in [0.25, 0.3) is 5.91 Å². The summed E-state index contributed by atoms with van der Waals surface area (Å²) >= 11 is 1.52.